The Balaban J connectivity index is 0.753. The van der Waals surface area contributed by atoms with Crippen LogP contribution in [0.15, 0.2) is 123 Å². The maximum absolute atomic E-state index is 5.99. The Morgan fingerprint density at radius 1 is 0.562 bits per heavy atom. The van der Waals surface area contributed by atoms with E-state index in [1.807, 2.05) is 71.2 Å². The first-order chi connectivity index (χ1) is 35.9. The number of aromatic nitrogens is 14. The van der Waals surface area contributed by atoms with E-state index >= 15 is 0 Å². The van der Waals surface area contributed by atoms with Gasteiger partial charge in [-0.15, -0.1) is 0 Å². The standard InChI is InChI=1S/C51H59N21O/c1-65(2)14-9-15-70-32-43(30-59-70)62-46-58-38-72(50(64-46)69-22-20-67(21-23-69)48-54-28-42(29-55-48)25-40-12-7-4-8-13-40)51(35-73-36-51)34-71-33-44(31-60-71)61-45-56-37-57-49(63-45)68-18-16-66(17-19-68)47-52-26-41(27-53-47)24-39-10-5-3-6-11-39/h3-8,10-13,26-33,37-38H,9,14-25,34-36H2,1-2H3,(H,56,57,61,63)/p+1. The number of aryl methyl sites for hydroxylation is 1. The van der Waals surface area contributed by atoms with E-state index in [0.29, 0.717) is 50.7 Å². The highest BCUT2D eigenvalue weighted by Gasteiger charge is 2.47. The highest BCUT2D eigenvalue weighted by Crippen LogP contribution is 2.28. The predicted octanol–water partition coefficient (Wildman–Crippen LogP) is 3.62. The second-order valence-corrected chi connectivity index (χ2v) is 19.1. The van der Waals surface area contributed by atoms with Crippen molar-refractivity contribution >= 4 is 47.1 Å². The summed E-state index contributed by atoms with van der Waals surface area (Å²) >= 11 is 0. The van der Waals surface area contributed by atoms with Gasteiger partial charge in [0.25, 0.3) is 0 Å². The Bertz CT molecular complexity index is 3020. The SMILES string of the molecule is CN(C)CCCn1cc(Nc2nc[n+](C3(Cn4cc(Nc5ncnc(N6CCN(c7ncc(Cc8ccccc8)cn7)CC6)n5)cn4)COC3)c(N3CCN(c4ncc(Cc5ccccc5)cn4)CC3)n2)cn1. The number of nitrogens with one attached hydrogen (secondary N) is 2. The molecule has 374 valence electrons. The highest BCUT2D eigenvalue weighted by atomic mass is 16.5. The maximum Gasteiger partial charge on any atom is 0.354 e. The van der Waals surface area contributed by atoms with Gasteiger partial charge >= 0.3 is 11.9 Å². The van der Waals surface area contributed by atoms with Crippen LogP contribution >= 0.6 is 0 Å². The van der Waals surface area contributed by atoms with E-state index in [1.54, 1.807) is 12.5 Å². The van der Waals surface area contributed by atoms with Gasteiger partial charge in [0.1, 0.15) is 11.9 Å². The molecule has 9 heterocycles. The first-order valence-electron chi connectivity index (χ1n) is 24.9. The maximum atomic E-state index is 5.99. The summed E-state index contributed by atoms with van der Waals surface area (Å²) in [6, 6.07) is 20.8. The summed E-state index contributed by atoms with van der Waals surface area (Å²) < 4.78 is 12.0. The van der Waals surface area contributed by atoms with E-state index in [1.165, 1.54) is 11.1 Å². The van der Waals surface area contributed by atoms with Crippen LogP contribution in [0.3, 0.4) is 0 Å². The average Bonchev–Trinajstić information content (AvgIpc) is 4.07. The lowest BCUT2D eigenvalue weighted by molar-refractivity contribution is -0.781. The number of hydrogen-bond acceptors (Lipinski definition) is 19. The molecule has 3 aliphatic heterocycles. The summed E-state index contributed by atoms with van der Waals surface area (Å²) in [4.78, 5) is 53.9. The first kappa shape index (κ1) is 47.1. The average molecular weight is 983 g/mol. The molecule has 11 rings (SSSR count). The lowest BCUT2D eigenvalue weighted by Crippen LogP contribution is -2.71. The van der Waals surface area contributed by atoms with Crippen molar-refractivity contribution in [3.63, 3.8) is 0 Å². The third-order valence-corrected chi connectivity index (χ3v) is 13.3. The second-order valence-electron chi connectivity index (χ2n) is 19.1. The quantitative estimate of drug-likeness (QED) is 0.111. The molecule has 3 aliphatic rings. The molecule has 73 heavy (non-hydrogen) atoms. The Kier molecular flexibility index (Phi) is 14.0. The fraction of sp³-hybridized carbons (Fsp3) is 0.373. The summed E-state index contributed by atoms with van der Waals surface area (Å²) in [5, 5.41) is 16.2. The van der Waals surface area contributed by atoms with Gasteiger partial charge < -0.3 is 29.7 Å². The van der Waals surface area contributed by atoms with Gasteiger partial charge in [-0.25, -0.2) is 34.5 Å². The molecular formula is C51H60N21O+. The minimum atomic E-state index is -0.513. The number of ether oxygens (including phenoxy) is 1. The van der Waals surface area contributed by atoms with Crippen LogP contribution in [0, 0.1) is 0 Å². The van der Waals surface area contributed by atoms with E-state index in [2.05, 4.69) is 117 Å². The van der Waals surface area contributed by atoms with Crippen LogP contribution in [0.2, 0.25) is 0 Å². The Morgan fingerprint density at radius 3 is 1.63 bits per heavy atom. The molecule has 0 aliphatic carbocycles. The number of hydrogen-bond donors (Lipinski definition) is 2. The minimum Gasteiger partial charge on any atom is -0.374 e. The first-order valence-corrected chi connectivity index (χ1v) is 24.9. The summed E-state index contributed by atoms with van der Waals surface area (Å²) in [6.45, 7) is 8.99. The molecule has 0 radical (unpaired) electrons. The van der Waals surface area contributed by atoms with Crippen molar-refractivity contribution in [2.75, 3.05) is 116 Å². The molecule has 0 unspecified atom stereocenters. The van der Waals surface area contributed by atoms with Gasteiger partial charge in [-0.05, 0) is 49.3 Å². The largest absolute Gasteiger partial charge is 0.374 e. The van der Waals surface area contributed by atoms with Crippen LogP contribution in [0.4, 0.5) is 47.1 Å². The Labute approximate surface area is 423 Å². The van der Waals surface area contributed by atoms with Crippen LogP contribution in [0.25, 0.3) is 0 Å². The van der Waals surface area contributed by atoms with Crippen molar-refractivity contribution in [3.8, 4) is 0 Å². The fourth-order valence-corrected chi connectivity index (χ4v) is 9.36. The lowest BCUT2D eigenvalue weighted by atomic mass is 9.97. The summed E-state index contributed by atoms with van der Waals surface area (Å²) in [5.41, 5.74) is 5.70. The smallest absolute Gasteiger partial charge is 0.354 e. The fourth-order valence-electron chi connectivity index (χ4n) is 9.36. The Morgan fingerprint density at radius 2 is 1.08 bits per heavy atom. The third-order valence-electron chi connectivity index (χ3n) is 13.3. The van der Waals surface area contributed by atoms with E-state index in [-0.39, 0.29) is 0 Å². The van der Waals surface area contributed by atoms with Crippen molar-refractivity contribution < 1.29 is 9.30 Å². The van der Waals surface area contributed by atoms with Crippen molar-refractivity contribution in [3.05, 3.63) is 145 Å². The molecule has 0 saturated carbocycles. The molecule has 0 bridgehead atoms. The molecule has 22 nitrogen and oxygen atoms in total. The van der Waals surface area contributed by atoms with E-state index in [9.17, 15) is 0 Å². The highest BCUT2D eigenvalue weighted by molar-refractivity contribution is 5.53. The third kappa shape index (κ3) is 11.4. The van der Waals surface area contributed by atoms with Gasteiger partial charge in [-0.2, -0.15) is 15.2 Å². The van der Waals surface area contributed by atoms with Crippen LogP contribution in [-0.2, 0) is 36.2 Å². The molecular weight excluding hydrogens is 923 g/mol. The molecule has 0 amide bonds. The molecule has 3 fully saturated rings. The molecule has 0 atom stereocenters. The normalized spacial score (nSPS) is 15.7. The van der Waals surface area contributed by atoms with Gasteiger partial charge in [0.05, 0.1) is 56.6 Å². The molecule has 0 spiro atoms. The monoisotopic (exact) mass is 983 g/mol. The van der Waals surface area contributed by atoms with Crippen LogP contribution in [0.5, 0.6) is 0 Å². The van der Waals surface area contributed by atoms with Crippen LogP contribution < -0.4 is 34.8 Å². The number of piperazine rings is 2. The number of anilines is 8. The number of benzene rings is 2. The molecule has 2 N–H and O–H groups in total. The number of rotatable bonds is 19. The minimum absolute atomic E-state index is 0.436. The van der Waals surface area contributed by atoms with E-state index in [0.717, 1.165) is 112 Å². The van der Waals surface area contributed by atoms with Crippen LogP contribution in [-0.4, -0.2) is 156 Å². The van der Waals surface area contributed by atoms with Crippen molar-refractivity contribution in [1.29, 1.82) is 0 Å². The van der Waals surface area contributed by atoms with E-state index in [4.69, 9.17) is 44.7 Å². The summed E-state index contributed by atoms with van der Waals surface area (Å²) in [7, 11) is 4.16. The summed E-state index contributed by atoms with van der Waals surface area (Å²) in [6.07, 6.45) is 21.3. The van der Waals surface area contributed by atoms with Gasteiger partial charge in [-0.1, -0.05) is 70.6 Å². The van der Waals surface area contributed by atoms with Crippen LogP contribution in [0.1, 0.15) is 28.7 Å². The van der Waals surface area contributed by atoms with E-state index < -0.39 is 5.54 Å². The predicted molar refractivity (Wildman–Crippen MR) is 276 cm³/mol. The second kappa shape index (κ2) is 21.6. The molecule has 3 saturated heterocycles. The van der Waals surface area contributed by atoms with Crippen molar-refractivity contribution in [1.82, 2.24) is 69.3 Å². The topological polar surface area (TPSA) is 205 Å². The molecule has 6 aromatic heterocycles. The zero-order chi connectivity index (χ0) is 49.4. The molecule has 8 aromatic rings. The zero-order valence-electron chi connectivity index (χ0n) is 41.3. The summed E-state index contributed by atoms with van der Waals surface area (Å²) in [5.74, 6) is 3.77. The lowest BCUT2D eigenvalue weighted by Gasteiger charge is -2.42. The Hall–Kier alpha value is -8.24. The molecule has 2 aromatic carbocycles. The van der Waals surface area contributed by atoms with Gasteiger partial charge in [-0.3, -0.25) is 19.6 Å². The van der Waals surface area contributed by atoms with Gasteiger partial charge in [0.15, 0.2) is 0 Å². The van der Waals surface area contributed by atoms with Gasteiger partial charge in [0.2, 0.25) is 30.1 Å². The van der Waals surface area contributed by atoms with Crippen molar-refractivity contribution in [2.24, 2.45) is 0 Å². The zero-order valence-corrected chi connectivity index (χ0v) is 41.3. The van der Waals surface area contributed by atoms with Gasteiger partial charge in [0, 0.05) is 95.8 Å². The number of nitrogens with zero attached hydrogens (tertiary/aromatic N) is 19. The molecule has 22 heteroatoms. The van der Waals surface area contributed by atoms with Crippen molar-refractivity contribution in [2.45, 2.75) is 37.9 Å².